The van der Waals surface area contributed by atoms with Crippen molar-refractivity contribution in [1.29, 1.82) is 0 Å². The molecule has 2 aromatic rings. The standard InChI is InChI=1S/C53H77N13O10S2/c1-4-31(2)43-50(75)63-38(28-41(54)67)47(72)64-39(51(76)66-25-15-21-40(66)49(74)61-35(20-14-24-58-52(56)57)45(70)59-32(3)44(55)69)30-77-78-53(22-12-7-13-23-53)29-42(68)60-36(26-33-16-8-5-9-17-33)46(71)62-37(48(73)65-43)27-34-18-10-6-11-19-34/h5-6,8-11,16-19,31-32,35-40,43H,4,7,12-15,20-30H2,1-3H3,(H2,54,67)(H2,55,69)(H,59,70)(H,60,68)(H,61,74)(H,62,71)(H,63,75)(H,64,72)(H,65,73)(H4,56,57,58). The highest BCUT2D eigenvalue weighted by Gasteiger charge is 2.43. The van der Waals surface area contributed by atoms with E-state index in [4.69, 9.17) is 22.9 Å². The largest absolute Gasteiger partial charge is 0.370 e. The zero-order valence-electron chi connectivity index (χ0n) is 44.6. The Hall–Kier alpha value is -6.89. The fourth-order valence-corrected chi connectivity index (χ4v) is 13.0. The second-order valence-electron chi connectivity index (χ2n) is 20.3. The molecule has 1 saturated carbocycles. The number of hydrogen-bond acceptors (Lipinski definition) is 13. The first-order chi connectivity index (χ1) is 37.2. The normalized spacial score (nSPS) is 23.8. The van der Waals surface area contributed by atoms with Crippen LogP contribution < -0.4 is 60.2 Å². The van der Waals surface area contributed by atoms with Gasteiger partial charge in [-0.1, -0.05) is 122 Å². The Balaban J connectivity index is 1.52. The Morgan fingerprint density at radius 3 is 1.92 bits per heavy atom. The minimum Gasteiger partial charge on any atom is -0.370 e. The van der Waals surface area contributed by atoms with Crippen LogP contribution in [0.1, 0.15) is 109 Å². The van der Waals surface area contributed by atoms with E-state index in [9.17, 15) is 47.9 Å². The molecule has 0 aromatic heterocycles. The Morgan fingerprint density at radius 2 is 1.33 bits per heavy atom. The highest BCUT2D eigenvalue weighted by molar-refractivity contribution is 8.77. The summed E-state index contributed by atoms with van der Waals surface area (Å²) >= 11 is 0. The summed E-state index contributed by atoms with van der Waals surface area (Å²) in [4.78, 5) is 145. The van der Waals surface area contributed by atoms with Crippen LogP contribution in [-0.2, 0) is 60.8 Å². The van der Waals surface area contributed by atoms with Crippen LogP contribution in [0.2, 0.25) is 0 Å². The van der Waals surface area contributed by atoms with Gasteiger partial charge in [-0.15, -0.1) is 0 Å². The molecular formula is C53H77N13O10S2. The van der Waals surface area contributed by atoms with Gasteiger partial charge in [0, 0.05) is 42.9 Å². The number of amides is 10. The Morgan fingerprint density at radius 1 is 0.744 bits per heavy atom. The predicted octanol–water partition coefficient (Wildman–Crippen LogP) is -0.175. The van der Waals surface area contributed by atoms with E-state index in [1.54, 1.807) is 44.2 Å². The van der Waals surface area contributed by atoms with Crippen LogP contribution in [0.4, 0.5) is 0 Å². The molecule has 5 rings (SSSR count). The summed E-state index contributed by atoms with van der Waals surface area (Å²) < 4.78 is -0.693. The highest BCUT2D eigenvalue weighted by Crippen LogP contribution is 2.48. The number of carbonyl (C=O) groups is 10. The van der Waals surface area contributed by atoms with Crippen molar-refractivity contribution in [3.8, 4) is 0 Å². The van der Waals surface area contributed by atoms with Gasteiger partial charge in [-0.2, -0.15) is 0 Å². The maximum Gasteiger partial charge on any atom is 0.246 e. The molecule has 78 heavy (non-hydrogen) atoms. The third-order valence-corrected chi connectivity index (χ3v) is 17.5. The summed E-state index contributed by atoms with van der Waals surface area (Å²) in [5, 5.41) is 19.2. The van der Waals surface area contributed by atoms with Crippen molar-refractivity contribution in [2.45, 2.75) is 164 Å². The van der Waals surface area contributed by atoms with Gasteiger partial charge in [0.25, 0.3) is 0 Å². The molecule has 3 fully saturated rings. The lowest BCUT2D eigenvalue weighted by molar-refractivity contribution is -0.142. The van der Waals surface area contributed by atoms with Gasteiger partial charge >= 0.3 is 0 Å². The molecule has 3 aliphatic rings. The number of rotatable bonds is 18. The second-order valence-corrected chi connectivity index (χ2v) is 23.2. The number of primary amides is 2. The summed E-state index contributed by atoms with van der Waals surface area (Å²) in [6, 6.07) is 7.91. The average molecular weight is 1120 g/mol. The van der Waals surface area contributed by atoms with Gasteiger partial charge in [0.1, 0.15) is 48.3 Å². The number of nitrogens with one attached hydrogen (secondary N) is 7. The average Bonchev–Trinajstić information content (AvgIpc) is 3.91. The lowest BCUT2D eigenvalue weighted by Crippen LogP contribution is -2.62. The molecular weight excluding hydrogens is 1040 g/mol. The van der Waals surface area contributed by atoms with E-state index in [0.717, 1.165) is 24.8 Å². The van der Waals surface area contributed by atoms with Gasteiger partial charge in [0.2, 0.25) is 59.1 Å². The van der Waals surface area contributed by atoms with Crippen molar-refractivity contribution in [3.63, 3.8) is 0 Å². The first-order valence-corrected chi connectivity index (χ1v) is 28.9. The quantitative estimate of drug-likeness (QED) is 0.0400. The third kappa shape index (κ3) is 18.9. The van der Waals surface area contributed by atoms with E-state index in [-0.39, 0.29) is 63.3 Å². The first-order valence-electron chi connectivity index (χ1n) is 26.6. The van der Waals surface area contributed by atoms with Crippen molar-refractivity contribution in [2.75, 3.05) is 18.8 Å². The molecule has 9 atom stereocenters. The minimum atomic E-state index is -1.65. The number of benzene rings is 2. The number of nitrogens with two attached hydrogens (primary N) is 4. The van der Waals surface area contributed by atoms with Gasteiger partial charge in [0.05, 0.1) is 6.42 Å². The highest BCUT2D eigenvalue weighted by atomic mass is 33.1. The van der Waals surface area contributed by atoms with Crippen molar-refractivity contribution in [2.24, 2.45) is 33.8 Å². The van der Waals surface area contributed by atoms with E-state index >= 15 is 0 Å². The number of likely N-dealkylation sites (tertiary alicyclic amines) is 1. The molecule has 9 unspecified atom stereocenters. The fraction of sp³-hybridized carbons (Fsp3) is 0.566. The maximum absolute atomic E-state index is 15.0. The minimum absolute atomic E-state index is 0.00470. The van der Waals surface area contributed by atoms with Crippen molar-refractivity contribution in [3.05, 3.63) is 71.8 Å². The second kappa shape index (κ2) is 30.3. The molecule has 2 aromatic carbocycles. The van der Waals surface area contributed by atoms with E-state index < -0.39 is 124 Å². The zero-order chi connectivity index (χ0) is 56.9. The topological polar surface area (TPSA) is 375 Å². The number of hydrogen-bond donors (Lipinski definition) is 11. The number of carbonyl (C=O) groups excluding carboxylic acids is 10. The maximum atomic E-state index is 15.0. The number of nitrogens with zero attached hydrogens (tertiary/aromatic N) is 2. The van der Waals surface area contributed by atoms with E-state index in [1.807, 2.05) is 30.3 Å². The van der Waals surface area contributed by atoms with Gasteiger partial charge in [-0.3, -0.25) is 52.9 Å². The molecule has 2 saturated heterocycles. The predicted molar refractivity (Wildman–Crippen MR) is 297 cm³/mol. The molecule has 426 valence electrons. The molecule has 2 aliphatic heterocycles. The monoisotopic (exact) mass is 1120 g/mol. The molecule has 1 aliphatic carbocycles. The molecule has 1 spiro atoms. The number of aliphatic imine (C=N–C) groups is 1. The van der Waals surface area contributed by atoms with Crippen LogP contribution in [0, 0.1) is 5.92 Å². The van der Waals surface area contributed by atoms with Crippen LogP contribution in [-0.4, -0.2) is 142 Å². The van der Waals surface area contributed by atoms with Gasteiger partial charge in [-0.25, -0.2) is 0 Å². The number of guanidine groups is 1. The molecule has 0 radical (unpaired) electrons. The first kappa shape index (κ1) is 62.0. The van der Waals surface area contributed by atoms with Gasteiger partial charge in [-0.05, 0) is 62.5 Å². The molecule has 10 amide bonds. The third-order valence-electron chi connectivity index (χ3n) is 14.2. The lowest BCUT2D eigenvalue weighted by Gasteiger charge is -2.37. The van der Waals surface area contributed by atoms with E-state index in [2.05, 4.69) is 42.2 Å². The van der Waals surface area contributed by atoms with Crippen LogP contribution in [0.5, 0.6) is 0 Å². The van der Waals surface area contributed by atoms with Crippen LogP contribution in [0.25, 0.3) is 0 Å². The van der Waals surface area contributed by atoms with E-state index in [1.165, 1.54) is 33.4 Å². The van der Waals surface area contributed by atoms with Crippen LogP contribution in [0.3, 0.4) is 0 Å². The van der Waals surface area contributed by atoms with Crippen LogP contribution >= 0.6 is 21.6 Å². The lowest BCUT2D eigenvalue weighted by atomic mass is 9.85. The summed E-state index contributed by atoms with van der Waals surface area (Å²) in [6.45, 7) is 5.08. The molecule has 0 bridgehead atoms. The fourth-order valence-electron chi connectivity index (χ4n) is 9.64. The summed E-state index contributed by atoms with van der Waals surface area (Å²) in [7, 11) is 2.61. The molecule has 25 heteroatoms. The molecule has 2 heterocycles. The smallest absolute Gasteiger partial charge is 0.246 e. The van der Waals surface area contributed by atoms with Crippen molar-refractivity contribution >= 4 is 86.6 Å². The Labute approximate surface area is 463 Å². The SMILES string of the molecule is CCC(C)C1NC(=O)C(Cc2ccccc2)NC(=O)C(Cc2ccccc2)NC(=O)CC2(CCCCC2)SSCC(C(=O)N2CCCC2C(=O)NC(CCCN=C(N)N)C(=O)NC(C)C(N)=O)NC(=O)C(CC(N)=O)NC1=O. The van der Waals surface area contributed by atoms with Crippen LogP contribution in [0.15, 0.2) is 65.7 Å². The van der Waals surface area contributed by atoms with Gasteiger partial charge < -0.3 is 65.1 Å². The Kier molecular flexibility index (Phi) is 24.1. The zero-order valence-corrected chi connectivity index (χ0v) is 46.2. The van der Waals surface area contributed by atoms with Crippen molar-refractivity contribution in [1.82, 2.24) is 42.1 Å². The van der Waals surface area contributed by atoms with Crippen molar-refractivity contribution < 1.29 is 47.9 Å². The Bertz CT molecular complexity index is 2460. The summed E-state index contributed by atoms with van der Waals surface area (Å²) in [5.74, 6) is -8.29. The molecule has 23 nitrogen and oxygen atoms in total. The summed E-state index contributed by atoms with van der Waals surface area (Å²) in [5.41, 5.74) is 23.5. The summed E-state index contributed by atoms with van der Waals surface area (Å²) in [6.07, 6.45) is 4.27. The van der Waals surface area contributed by atoms with E-state index in [0.29, 0.717) is 31.2 Å². The molecule has 15 N–H and O–H groups in total. The van der Waals surface area contributed by atoms with Gasteiger partial charge in [0.15, 0.2) is 5.96 Å².